The Hall–Kier alpha value is -2.06. The molecule has 4 rings (SSSR count). The first-order valence-electron chi connectivity index (χ1n) is 6.57. The Labute approximate surface area is 111 Å². The van der Waals surface area contributed by atoms with Crippen LogP contribution in [-0.4, -0.2) is 19.3 Å². The predicted octanol–water partition coefficient (Wildman–Crippen LogP) is 3.77. The van der Waals surface area contributed by atoms with Gasteiger partial charge in [0.25, 0.3) is 0 Å². The second-order valence-corrected chi connectivity index (χ2v) is 4.91. The standard InChI is InChI=1S/C17H14O2/c1-3-7-15-12(5-1)9-13-6-2-4-8-16(13)17(15)19-11-14-10-18-14/h1-9,14H,10-11H2/t14-/m0/s1. The maximum absolute atomic E-state index is 6.03. The second-order valence-electron chi connectivity index (χ2n) is 4.91. The van der Waals surface area contributed by atoms with E-state index in [2.05, 4.69) is 54.6 Å². The van der Waals surface area contributed by atoms with E-state index in [9.17, 15) is 0 Å². The van der Waals surface area contributed by atoms with Crippen LogP contribution in [0.1, 0.15) is 0 Å². The lowest BCUT2D eigenvalue weighted by molar-refractivity contribution is 0.267. The van der Waals surface area contributed by atoms with Crippen LogP contribution >= 0.6 is 0 Å². The topological polar surface area (TPSA) is 21.8 Å². The van der Waals surface area contributed by atoms with Crippen molar-refractivity contribution in [2.45, 2.75) is 6.10 Å². The lowest BCUT2D eigenvalue weighted by Crippen LogP contribution is -2.04. The molecule has 0 unspecified atom stereocenters. The van der Waals surface area contributed by atoms with Crippen molar-refractivity contribution >= 4 is 21.5 Å². The van der Waals surface area contributed by atoms with Crippen molar-refractivity contribution in [3.8, 4) is 5.75 Å². The van der Waals surface area contributed by atoms with E-state index in [1.807, 2.05) is 0 Å². The Kier molecular flexibility index (Phi) is 2.42. The molecule has 0 saturated carbocycles. The third-order valence-electron chi connectivity index (χ3n) is 3.54. The summed E-state index contributed by atoms with van der Waals surface area (Å²) in [6.07, 6.45) is 0.276. The molecule has 1 saturated heterocycles. The molecule has 2 heteroatoms. The summed E-state index contributed by atoms with van der Waals surface area (Å²) in [5.74, 6) is 0.976. The number of rotatable bonds is 3. The lowest BCUT2D eigenvalue weighted by atomic mass is 10.0. The molecule has 0 aromatic heterocycles. The van der Waals surface area contributed by atoms with Gasteiger partial charge < -0.3 is 9.47 Å². The second kappa shape index (κ2) is 4.25. The first-order valence-corrected chi connectivity index (χ1v) is 6.57. The van der Waals surface area contributed by atoms with Crippen molar-refractivity contribution in [3.05, 3.63) is 54.6 Å². The van der Waals surface area contributed by atoms with Crippen LogP contribution in [0.25, 0.3) is 21.5 Å². The van der Waals surface area contributed by atoms with Gasteiger partial charge in [-0.1, -0.05) is 48.5 Å². The molecule has 1 atom stereocenters. The molecule has 0 N–H and O–H groups in total. The van der Waals surface area contributed by atoms with Crippen LogP contribution in [0.4, 0.5) is 0 Å². The van der Waals surface area contributed by atoms with Gasteiger partial charge in [0.05, 0.1) is 6.61 Å². The van der Waals surface area contributed by atoms with Crippen LogP contribution in [0, 0.1) is 0 Å². The van der Waals surface area contributed by atoms with E-state index in [1.165, 1.54) is 21.5 Å². The maximum atomic E-state index is 6.03. The quantitative estimate of drug-likeness (QED) is 0.521. The fourth-order valence-electron chi connectivity index (χ4n) is 2.47. The molecule has 1 aliphatic heterocycles. The first-order chi connectivity index (χ1) is 9.42. The van der Waals surface area contributed by atoms with Gasteiger partial charge in [-0.2, -0.15) is 0 Å². The number of fused-ring (bicyclic) bond motifs is 2. The van der Waals surface area contributed by atoms with Gasteiger partial charge in [0.1, 0.15) is 18.5 Å². The Morgan fingerprint density at radius 1 is 0.947 bits per heavy atom. The van der Waals surface area contributed by atoms with Crippen LogP contribution in [-0.2, 0) is 4.74 Å². The Bertz CT molecular complexity index is 690. The smallest absolute Gasteiger partial charge is 0.135 e. The predicted molar refractivity (Wildman–Crippen MR) is 76.7 cm³/mol. The minimum Gasteiger partial charge on any atom is -0.489 e. The molecule has 3 aromatic rings. The average Bonchev–Trinajstić information content (AvgIpc) is 3.27. The molecule has 0 spiro atoms. The third kappa shape index (κ3) is 1.94. The molecule has 1 fully saturated rings. The highest BCUT2D eigenvalue weighted by Crippen LogP contribution is 2.35. The van der Waals surface area contributed by atoms with E-state index in [1.54, 1.807) is 0 Å². The number of benzene rings is 3. The highest BCUT2D eigenvalue weighted by Gasteiger charge is 2.23. The van der Waals surface area contributed by atoms with Crippen LogP contribution in [0.2, 0.25) is 0 Å². The lowest BCUT2D eigenvalue weighted by Gasteiger charge is -2.12. The molecule has 2 nitrogen and oxygen atoms in total. The highest BCUT2D eigenvalue weighted by atomic mass is 16.6. The van der Waals surface area contributed by atoms with E-state index < -0.39 is 0 Å². The molecule has 1 aliphatic rings. The van der Waals surface area contributed by atoms with Crippen molar-refractivity contribution in [1.29, 1.82) is 0 Å². The SMILES string of the molecule is c1ccc2c(OC[C@@H]3CO3)c3ccccc3cc2c1. The maximum Gasteiger partial charge on any atom is 0.135 e. The first kappa shape index (κ1) is 10.8. The van der Waals surface area contributed by atoms with Gasteiger partial charge in [-0.15, -0.1) is 0 Å². The zero-order valence-corrected chi connectivity index (χ0v) is 10.5. The summed E-state index contributed by atoms with van der Waals surface area (Å²) in [4.78, 5) is 0. The monoisotopic (exact) mass is 250 g/mol. The van der Waals surface area contributed by atoms with E-state index in [0.29, 0.717) is 6.61 Å². The molecule has 3 aromatic carbocycles. The Morgan fingerprint density at radius 3 is 2.11 bits per heavy atom. The van der Waals surface area contributed by atoms with E-state index in [4.69, 9.17) is 9.47 Å². The summed E-state index contributed by atoms with van der Waals surface area (Å²) in [7, 11) is 0. The van der Waals surface area contributed by atoms with Gasteiger partial charge >= 0.3 is 0 Å². The van der Waals surface area contributed by atoms with Gasteiger partial charge in [-0.25, -0.2) is 0 Å². The molecular weight excluding hydrogens is 236 g/mol. The molecular formula is C17H14O2. The molecule has 0 bridgehead atoms. The van der Waals surface area contributed by atoms with Gasteiger partial charge in [0.2, 0.25) is 0 Å². The largest absolute Gasteiger partial charge is 0.489 e. The minimum absolute atomic E-state index is 0.276. The summed E-state index contributed by atoms with van der Waals surface area (Å²) < 4.78 is 11.3. The number of ether oxygens (including phenoxy) is 2. The molecule has 94 valence electrons. The van der Waals surface area contributed by atoms with Gasteiger partial charge in [-0.05, 0) is 16.8 Å². The number of hydrogen-bond donors (Lipinski definition) is 0. The summed E-state index contributed by atoms with van der Waals surface area (Å²) in [6.45, 7) is 1.46. The van der Waals surface area contributed by atoms with Crippen LogP contribution in [0.3, 0.4) is 0 Å². The zero-order chi connectivity index (χ0) is 12.7. The summed E-state index contributed by atoms with van der Waals surface area (Å²) in [6, 6.07) is 18.9. The van der Waals surface area contributed by atoms with E-state index in [-0.39, 0.29) is 6.10 Å². The summed E-state index contributed by atoms with van der Waals surface area (Å²) in [5.41, 5.74) is 0. The van der Waals surface area contributed by atoms with E-state index >= 15 is 0 Å². The Balaban J connectivity index is 1.95. The molecule has 1 heterocycles. The van der Waals surface area contributed by atoms with Crippen molar-refractivity contribution in [3.63, 3.8) is 0 Å². The van der Waals surface area contributed by atoms with Crippen LogP contribution in [0.5, 0.6) is 5.75 Å². The molecule has 0 amide bonds. The summed E-state index contributed by atoms with van der Waals surface area (Å²) >= 11 is 0. The van der Waals surface area contributed by atoms with Crippen LogP contribution in [0.15, 0.2) is 54.6 Å². The normalized spacial score (nSPS) is 17.8. The fraction of sp³-hybridized carbons (Fsp3) is 0.176. The van der Waals surface area contributed by atoms with Crippen molar-refractivity contribution in [2.75, 3.05) is 13.2 Å². The zero-order valence-electron chi connectivity index (χ0n) is 10.5. The summed E-state index contributed by atoms with van der Waals surface area (Å²) in [5, 5.41) is 4.77. The van der Waals surface area contributed by atoms with Crippen molar-refractivity contribution in [2.24, 2.45) is 0 Å². The number of epoxide rings is 1. The van der Waals surface area contributed by atoms with Crippen molar-refractivity contribution in [1.82, 2.24) is 0 Å². The van der Waals surface area contributed by atoms with E-state index in [0.717, 1.165) is 12.4 Å². The van der Waals surface area contributed by atoms with Crippen molar-refractivity contribution < 1.29 is 9.47 Å². The van der Waals surface area contributed by atoms with Gasteiger partial charge in [-0.3, -0.25) is 0 Å². The average molecular weight is 250 g/mol. The Morgan fingerprint density at radius 2 is 1.53 bits per heavy atom. The molecule has 0 radical (unpaired) electrons. The van der Waals surface area contributed by atoms with Gasteiger partial charge in [0, 0.05) is 10.8 Å². The van der Waals surface area contributed by atoms with Gasteiger partial charge in [0.15, 0.2) is 0 Å². The third-order valence-corrected chi connectivity index (χ3v) is 3.54. The number of hydrogen-bond acceptors (Lipinski definition) is 2. The van der Waals surface area contributed by atoms with Crippen LogP contribution < -0.4 is 4.74 Å². The molecule has 0 aliphatic carbocycles. The molecule has 19 heavy (non-hydrogen) atoms. The minimum atomic E-state index is 0.276. The highest BCUT2D eigenvalue weighted by molar-refractivity contribution is 6.05. The fourth-order valence-corrected chi connectivity index (χ4v) is 2.47.